The van der Waals surface area contributed by atoms with Gasteiger partial charge in [0.15, 0.2) is 0 Å². The maximum atomic E-state index is 9.97. The molecular weight excluding hydrogens is 262 g/mol. The first-order valence-electron chi connectivity index (χ1n) is 8.10. The normalized spacial score (nSPS) is 25.9. The lowest BCUT2D eigenvalue weighted by atomic mass is 9.73. The molecule has 118 valence electrons. The van der Waals surface area contributed by atoms with Crippen LogP contribution in [0.15, 0.2) is 24.3 Å². The van der Waals surface area contributed by atoms with E-state index in [2.05, 4.69) is 19.2 Å². The van der Waals surface area contributed by atoms with Crippen molar-refractivity contribution in [2.75, 3.05) is 19.0 Å². The molecule has 0 saturated heterocycles. The van der Waals surface area contributed by atoms with Crippen molar-refractivity contribution in [2.45, 2.75) is 51.5 Å². The van der Waals surface area contributed by atoms with E-state index in [0.717, 1.165) is 36.1 Å². The van der Waals surface area contributed by atoms with Crippen molar-refractivity contribution in [1.82, 2.24) is 0 Å². The molecule has 1 saturated carbocycles. The average molecular weight is 291 g/mol. The molecular formula is C18H29NO2. The minimum Gasteiger partial charge on any atom is -0.497 e. The average Bonchev–Trinajstić information content (AvgIpc) is 2.47. The Labute approximate surface area is 128 Å². The third-order valence-corrected chi connectivity index (χ3v) is 4.55. The summed E-state index contributed by atoms with van der Waals surface area (Å²) in [5, 5.41) is 13.6. The summed E-state index contributed by atoms with van der Waals surface area (Å²) in [6, 6.07) is 7.98. The summed E-state index contributed by atoms with van der Waals surface area (Å²) in [6.45, 7) is 4.77. The van der Waals surface area contributed by atoms with E-state index in [1.54, 1.807) is 7.11 Å². The van der Waals surface area contributed by atoms with Gasteiger partial charge in [-0.2, -0.15) is 0 Å². The number of methoxy groups -OCH3 is 1. The van der Waals surface area contributed by atoms with Crippen LogP contribution in [0.25, 0.3) is 0 Å². The molecule has 0 heterocycles. The number of rotatable bonds is 6. The zero-order valence-corrected chi connectivity index (χ0v) is 13.6. The second-order valence-electron chi connectivity index (χ2n) is 6.88. The van der Waals surface area contributed by atoms with Gasteiger partial charge in [-0.05, 0) is 55.4 Å². The number of ether oxygens (including phenoxy) is 1. The fraction of sp³-hybridized carbons (Fsp3) is 0.667. The van der Waals surface area contributed by atoms with Gasteiger partial charge in [0.05, 0.1) is 19.3 Å². The summed E-state index contributed by atoms with van der Waals surface area (Å²) in [4.78, 5) is 0. The minimum absolute atomic E-state index is 0.160. The van der Waals surface area contributed by atoms with E-state index in [4.69, 9.17) is 4.74 Å². The van der Waals surface area contributed by atoms with E-state index in [0.29, 0.717) is 0 Å². The van der Waals surface area contributed by atoms with Crippen molar-refractivity contribution < 1.29 is 9.84 Å². The van der Waals surface area contributed by atoms with E-state index < -0.39 is 0 Å². The van der Waals surface area contributed by atoms with Gasteiger partial charge in [-0.25, -0.2) is 0 Å². The molecule has 2 unspecified atom stereocenters. The first-order chi connectivity index (χ1) is 10.1. The molecule has 0 radical (unpaired) electrons. The molecule has 0 spiro atoms. The highest BCUT2D eigenvalue weighted by atomic mass is 16.5. The van der Waals surface area contributed by atoms with Gasteiger partial charge in [-0.15, -0.1) is 0 Å². The highest BCUT2D eigenvalue weighted by Gasteiger charge is 2.35. The maximum Gasteiger partial charge on any atom is 0.119 e. The molecule has 1 aliphatic rings. The Morgan fingerprint density at radius 1 is 1.33 bits per heavy atom. The Balaban J connectivity index is 2.05. The van der Waals surface area contributed by atoms with E-state index in [1.807, 2.05) is 24.3 Å². The molecule has 2 rings (SSSR count). The number of hydrogen-bond acceptors (Lipinski definition) is 3. The van der Waals surface area contributed by atoms with Crippen LogP contribution in [0.2, 0.25) is 0 Å². The van der Waals surface area contributed by atoms with Crippen LogP contribution >= 0.6 is 0 Å². The Bertz CT molecular complexity index is 429. The van der Waals surface area contributed by atoms with Gasteiger partial charge in [0, 0.05) is 5.69 Å². The highest BCUT2D eigenvalue weighted by molar-refractivity contribution is 5.48. The maximum absolute atomic E-state index is 9.97. The van der Waals surface area contributed by atoms with Gasteiger partial charge in [-0.1, -0.05) is 26.7 Å². The van der Waals surface area contributed by atoms with E-state index >= 15 is 0 Å². The van der Waals surface area contributed by atoms with Crippen LogP contribution in [-0.2, 0) is 0 Å². The predicted octanol–water partition coefficient (Wildman–Crippen LogP) is 4.07. The number of aliphatic hydroxyl groups is 1. The van der Waals surface area contributed by atoms with Crippen LogP contribution in [0.3, 0.4) is 0 Å². The molecule has 3 heteroatoms. The molecule has 0 amide bonds. The SMILES string of the molecule is COc1ccc(NC2(CO)CCCC(CC(C)C)C2)cc1. The van der Waals surface area contributed by atoms with Crippen LogP contribution in [0.5, 0.6) is 5.75 Å². The van der Waals surface area contributed by atoms with Crippen molar-refractivity contribution in [3.8, 4) is 5.75 Å². The Morgan fingerprint density at radius 3 is 2.62 bits per heavy atom. The summed E-state index contributed by atoms with van der Waals surface area (Å²) in [5.74, 6) is 2.31. The van der Waals surface area contributed by atoms with Crippen molar-refractivity contribution in [2.24, 2.45) is 11.8 Å². The number of benzene rings is 1. The zero-order chi connectivity index (χ0) is 15.3. The fourth-order valence-electron chi connectivity index (χ4n) is 3.63. The molecule has 1 aliphatic carbocycles. The Morgan fingerprint density at radius 2 is 2.05 bits per heavy atom. The molecule has 1 aromatic carbocycles. The molecule has 2 atom stereocenters. The monoisotopic (exact) mass is 291 g/mol. The number of aliphatic hydroxyl groups excluding tert-OH is 1. The zero-order valence-electron chi connectivity index (χ0n) is 13.6. The topological polar surface area (TPSA) is 41.5 Å². The fourth-order valence-corrected chi connectivity index (χ4v) is 3.63. The molecule has 3 nitrogen and oxygen atoms in total. The van der Waals surface area contributed by atoms with E-state index in [-0.39, 0.29) is 12.1 Å². The van der Waals surface area contributed by atoms with Gasteiger partial charge in [-0.3, -0.25) is 0 Å². The van der Waals surface area contributed by atoms with Crippen LogP contribution in [0, 0.1) is 11.8 Å². The van der Waals surface area contributed by atoms with E-state index in [1.165, 1.54) is 19.3 Å². The lowest BCUT2D eigenvalue weighted by molar-refractivity contribution is 0.135. The minimum atomic E-state index is -0.160. The summed E-state index contributed by atoms with van der Waals surface area (Å²) >= 11 is 0. The van der Waals surface area contributed by atoms with Gasteiger partial charge in [0.1, 0.15) is 5.75 Å². The highest BCUT2D eigenvalue weighted by Crippen LogP contribution is 2.38. The third kappa shape index (κ3) is 4.37. The quantitative estimate of drug-likeness (QED) is 0.830. The second-order valence-corrected chi connectivity index (χ2v) is 6.88. The molecule has 21 heavy (non-hydrogen) atoms. The first kappa shape index (κ1) is 16.2. The van der Waals surface area contributed by atoms with Crippen LogP contribution in [-0.4, -0.2) is 24.4 Å². The number of hydrogen-bond donors (Lipinski definition) is 2. The summed E-state index contributed by atoms with van der Waals surface area (Å²) in [7, 11) is 1.68. The first-order valence-corrected chi connectivity index (χ1v) is 8.10. The van der Waals surface area contributed by atoms with Crippen LogP contribution in [0.4, 0.5) is 5.69 Å². The van der Waals surface area contributed by atoms with E-state index in [9.17, 15) is 5.11 Å². The molecule has 0 bridgehead atoms. The standard InChI is InChI=1S/C18H29NO2/c1-14(2)11-15-5-4-10-18(12-15,13-20)19-16-6-8-17(21-3)9-7-16/h6-9,14-15,19-20H,4-5,10-13H2,1-3H3. The molecule has 1 fully saturated rings. The van der Waals surface area contributed by atoms with Crippen molar-refractivity contribution >= 4 is 5.69 Å². The van der Waals surface area contributed by atoms with Gasteiger partial charge < -0.3 is 15.2 Å². The van der Waals surface area contributed by atoms with Crippen molar-refractivity contribution in [3.05, 3.63) is 24.3 Å². The Kier molecular flexibility index (Phi) is 5.51. The number of anilines is 1. The molecule has 1 aromatic rings. The lowest BCUT2D eigenvalue weighted by Crippen LogP contribution is -2.46. The van der Waals surface area contributed by atoms with Gasteiger partial charge >= 0.3 is 0 Å². The van der Waals surface area contributed by atoms with Crippen molar-refractivity contribution in [1.29, 1.82) is 0 Å². The lowest BCUT2D eigenvalue weighted by Gasteiger charge is -2.41. The Hall–Kier alpha value is -1.22. The van der Waals surface area contributed by atoms with Gasteiger partial charge in [0.2, 0.25) is 0 Å². The second kappa shape index (κ2) is 7.17. The van der Waals surface area contributed by atoms with Gasteiger partial charge in [0.25, 0.3) is 0 Å². The molecule has 0 aliphatic heterocycles. The molecule has 2 N–H and O–H groups in total. The summed E-state index contributed by atoms with van der Waals surface area (Å²) in [5.41, 5.74) is 0.905. The smallest absolute Gasteiger partial charge is 0.119 e. The third-order valence-electron chi connectivity index (χ3n) is 4.55. The van der Waals surface area contributed by atoms with Crippen LogP contribution in [0.1, 0.15) is 46.0 Å². The van der Waals surface area contributed by atoms with Crippen LogP contribution < -0.4 is 10.1 Å². The molecule has 0 aromatic heterocycles. The summed E-state index contributed by atoms with van der Waals surface area (Å²) in [6.07, 6.45) is 5.86. The van der Waals surface area contributed by atoms with Crippen molar-refractivity contribution in [3.63, 3.8) is 0 Å². The predicted molar refractivity (Wildman–Crippen MR) is 87.8 cm³/mol. The largest absolute Gasteiger partial charge is 0.497 e. The number of nitrogens with one attached hydrogen (secondary N) is 1. The summed E-state index contributed by atoms with van der Waals surface area (Å²) < 4.78 is 5.19.